The lowest BCUT2D eigenvalue weighted by Gasteiger charge is -2.68. The van der Waals surface area contributed by atoms with Gasteiger partial charge in [0, 0.05) is 11.8 Å². The predicted octanol–water partition coefficient (Wildman–Crippen LogP) is 4.72. The summed E-state index contributed by atoms with van der Waals surface area (Å²) >= 11 is 0. The Morgan fingerprint density at radius 2 is 1.84 bits per heavy atom. The monoisotopic (exact) mass is 438 g/mol. The molecule has 0 amide bonds. The van der Waals surface area contributed by atoms with Gasteiger partial charge < -0.3 is 19.4 Å². The number of esters is 1. The Morgan fingerprint density at radius 3 is 2.56 bits per heavy atom. The number of aliphatic hydroxyl groups is 2. The topological polar surface area (TPSA) is 79.9 Å². The quantitative estimate of drug-likeness (QED) is 0.663. The van der Waals surface area contributed by atoms with Crippen LogP contribution in [0.4, 0.5) is 0 Å². The van der Waals surface area contributed by atoms with E-state index in [1.807, 2.05) is 26.0 Å². The summed E-state index contributed by atoms with van der Waals surface area (Å²) in [4.78, 5) is 13.1. The Balaban J connectivity index is 1.63. The van der Waals surface area contributed by atoms with Gasteiger partial charge in [-0.2, -0.15) is 0 Å². The second-order valence-corrected chi connectivity index (χ2v) is 11.1. The molecule has 1 aromatic heterocycles. The highest BCUT2D eigenvalue weighted by Gasteiger charge is 2.73. The molecule has 5 heteroatoms. The number of furan rings is 1. The summed E-state index contributed by atoms with van der Waals surface area (Å²) in [5.41, 5.74) is -0.885. The molecule has 2 aromatic rings. The Bertz CT molecular complexity index is 1010. The highest BCUT2D eigenvalue weighted by Crippen LogP contribution is 2.67. The molecule has 1 aromatic carbocycles. The third kappa shape index (κ3) is 2.73. The Kier molecular flexibility index (Phi) is 4.88. The number of aliphatic hydroxyl groups excluding tert-OH is 1. The average molecular weight is 439 g/mol. The fourth-order valence-corrected chi connectivity index (χ4v) is 7.59. The highest BCUT2D eigenvalue weighted by molar-refractivity contribution is 5.89. The third-order valence-corrected chi connectivity index (χ3v) is 9.30. The minimum Gasteiger partial charge on any atom is -0.469 e. The van der Waals surface area contributed by atoms with Crippen molar-refractivity contribution in [1.82, 2.24) is 0 Å². The first kappa shape index (κ1) is 21.7. The lowest BCUT2D eigenvalue weighted by atomic mass is 9.40. The lowest BCUT2D eigenvalue weighted by molar-refractivity contribution is -0.312. The van der Waals surface area contributed by atoms with E-state index >= 15 is 0 Å². The summed E-state index contributed by atoms with van der Waals surface area (Å²) in [7, 11) is 0. The van der Waals surface area contributed by atoms with E-state index in [0.29, 0.717) is 12.0 Å². The number of carbonyl (C=O) groups is 1. The molecule has 2 unspecified atom stereocenters. The standard InChI is InChI=1S/C27H34O5/c1-16-18-11-14-31-20(18)15-19-21(16)22(28)23(32-24(29)17-9-6-5-7-10-17)27(30)25(2,3)12-8-13-26(19,27)4/h5-7,9-11,14,16,19,21-23,28,30H,8,12-13,15H2,1-4H3/t16?,19-,21?,22+,23+,26+,27+/m0/s1. The van der Waals surface area contributed by atoms with E-state index in [2.05, 4.69) is 13.8 Å². The fraction of sp³-hybridized carbons (Fsp3) is 0.593. The molecule has 172 valence electrons. The molecule has 7 atom stereocenters. The van der Waals surface area contributed by atoms with E-state index in [4.69, 9.17) is 9.15 Å². The lowest BCUT2D eigenvalue weighted by Crippen LogP contribution is -2.76. The average Bonchev–Trinajstić information content (AvgIpc) is 3.24. The first-order valence-electron chi connectivity index (χ1n) is 11.8. The molecule has 0 spiro atoms. The molecule has 0 saturated heterocycles. The molecule has 1 heterocycles. The predicted molar refractivity (Wildman–Crippen MR) is 120 cm³/mol. The van der Waals surface area contributed by atoms with Crippen LogP contribution in [0.5, 0.6) is 0 Å². The van der Waals surface area contributed by atoms with Crippen molar-refractivity contribution in [2.24, 2.45) is 22.7 Å². The van der Waals surface area contributed by atoms with E-state index in [-0.39, 0.29) is 17.8 Å². The van der Waals surface area contributed by atoms with Crippen LogP contribution in [0.1, 0.15) is 74.6 Å². The van der Waals surface area contributed by atoms with Crippen molar-refractivity contribution in [3.8, 4) is 0 Å². The van der Waals surface area contributed by atoms with Crippen LogP contribution < -0.4 is 0 Å². The zero-order valence-electron chi connectivity index (χ0n) is 19.4. The van der Waals surface area contributed by atoms with Crippen molar-refractivity contribution in [2.75, 3.05) is 0 Å². The molecule has 32 heavy (non-hydrogen) atoms. The number of carbonyl (C=O) groups excluding carboxylic acids is 1. The molecule has 2 fully saturated rings. The minimum absolute atomic E-state index is 0.0300. The van der Waals surface area contributed by atoms with E-state index in [1.54, 1.807) is 30.5 Å². The molecule has 3 aliphatic carbocycles. The zero-order chi connectivity index (χ0) is 22.9. The summed E-state index contributed by atoms with van der Waals surface area (Å²) in [6, 6.07) is 10.8. The van der Waals surface area contributed by atoms with Crippen LogP contribution in [0, 0.1) is 22.7 Å². The van der Waals surface area contributed by atoms with Gasteiger partial charge in [-0.3, -0.25) is 0 Å². The molecular weight excluding hydrogens is 404 g/mol. The number of fused-ring (bicyclic) bond motifs is 4. The van der Waals surface area contributed by atoms with E-state index < -0.39 is 34.6 Å². The van der Waals surface area contributed by atoms with Crippen LogP contribution >= 0.6 is 0 Å². The summed E-state index contributed by atoms with van der Waals surface area (Å²) in [6.07, 6.45) is 3.05. The number of hydrogen-bond donors (Lipinski definition) is 2. The molecule has 0 bridgehead atoms. The molecule has 2 saturated carbocycles. The smallest absolute Gasteiger partial charge is 0.338 e. The largest absolute Gasteiger partial charge is 0.469 e. The molecule has 0 aliphatic heterocycles. The van der Waals surface area contributed by atoms with Gasteiger partial charge >= 0.3 is 5.97 Å². The molecule has 2 N–H and O–H groups in total. The first-order valence-corrected chi connectivity index (χ1v) is 11.8. The van der Waals surface area contributed by atoms with Gasteiger partial charge in [-0.1, -0.05) is 52.3 Å². The van der Waals surface area contributed by atoms with Crippen LogP contribution in [0.2, 0.25) is 0 Å². The molecule has 0 radical (unpaired) electrons. The number of rotatable bonds is 2. The van der Waals surface area contributed by atoms with Gasteiger partial charge in [-0.25, -0.2) is 4.79 Å². The van der Waals surface area contributed by atoms with Gasteiger partial charge in [-0.15, -0.1) is 0 Å². The number of hydrogen-bond acceptors (Lipinski definition) is 5. The Hall–Kier alpha value is -2.11. The second-order valence-electron chi connectivity index (χ2n) is 11.1. The Morgan fingerprint density at radius 1 is 1.12 bits per heavy atom. The van der Waals surface area contributed by atoms with Crippen LogP contribution in [-0.2, 0) is 11.2 Å². The summed E-state index contributed by atoms with van der Waals surface area (Å²) in [5.74, 6) is 0.396. The first-order chi connectivity index (χ1) is 15.1. The van der Waals surface area contributed by atoms with Gasteiger partial charge in [0.1, 0.15) is 11.4 Å². The van der Waals surface area contributed by atoms with Crippen molar-refractivity contribution in [1.29, 1.82) is 0 Å². The zero-order valence-corrected chi connectivity index (χ0v) is 19.4. The summed E-state index contributed by atoms with van der Waals surface area (Å²) in [5, 5.41) is 24.3. The molecular formula is C27H34O5. The van der Waals surface area contributed by atoms with E-state index in [9.17, 15) is 15.0 Å². The molecule has 5 nitrogen and oxygen atoms in total. The summed E-state index contributed by atoms with van der Waals surface area (Å²) < 4.78 is 11.9. The van der Waals surface area contributed by atoms with Crippen molar-refractivity contribution >= 4 is 5.97 Å². The summed E-state index contributed by atoms with van der Waals surface area (Å²) in [6.45, 7) is 8.35. The van der Waals surface area contributed by atoms with Crippen molar-refractivity contribution in [2.45, 2.75) is 77.1 Å². The van der Waals surface area contributed by atoms with Crippen LogP contribution in [0.15, 0.2) is 47.1 Å². The van der Waals surface area contributed by atoms with Gasteiger partial charge in [0.25, 0.3) is 0 Å². The molecule has 3 aliphatic rings. The second kappa shape index (κ2) is 7.19. The minimum atomic E-state index is -1.37. The van der Waals surface area contributed by atoms with Gasteiger partial charge in [0.15, 0.2) is 6.10 Å². The maximum absolute atomic E-state index is 13.1. The van der Waals surface area contributed by atoms with Gasteiger partial charge in [0.05, 0.1) is 17.9 Å². The maximum Gasteiger partial charge on any atom is 0.338 e. The Labute approximate surface area is 189 Å². The number of benzene rings is 1. The van der Waals surface area contributed by atoms with Crippen LogP contribution in [0.3, 0.4) is 0 Å². The SMILES string of the molecule is CC1c2ccoc2C[C@H]2C1[C@@H](O)[C@@H](OC(=O)c1ccccc1)[C@@]1(O)C(C)(C)CCC[C@]21C. The van der Waals surface area contributed by atoms with E-state index in [1.165, 1.54) is 0 Å². The third-order valence-electron chi connectivity index (χ3n) is 9.30. The van der Waals surface area contributed by atoms with Gasteiger partial charge in [0.2, 0.25) is 0 Å². The van der Waals surface area contributed by atoms with E-state index in [0.717, 1.165) is 30.6 Å². The van der Waals surface area contributed by atoms with Crippen LogP contribution in [-0.4, -0.2) is 34.0 Å². The van der Waals surface area contributed by atoms with Gasteiger partial charge in [-0.05, 0) is 59.8 Å². The fourth-order valence-electron chi connectivity index (χ4n) is 7.59. The normalized spacial score (nSPS) is 40.0. The van der Waals surface area contributed by atoms with Crippen molar-refractivity contribution < 1.29 is 24.2 Å². The van der Waals surface area contributed by atoms with Crippen molar-refractivity contribution in [3.63, 3.8) is 0 Å². The maximum atomic E-state index is 13.1. The molecule has 5 rings (SSSR count). The highest BCUT2D eigenvalue weighted by atomic mass is 16.6. The van der Waals surface area contributed by atoms with Crippen LogP contribution in [0.25, 0.3) is 0 Å². The number of ether oxygens (including phenoxy) is 1. The van der Waals surface area contributed by atoms with Crippen molar-refractivity contribution in [3.05, 3.63) is 59.5 Å².